The van der Waals surface area contributed by atoms with Gasteiger partial charge in [-0.05, 0) is 68.1 Å². The van der Waals surface area contributed by atoms with Crippen LogP contribution in [0.5, 0.6) is 0 Å². The second-order valence-electron chi connectivity index (χ2n) is 8.87. The topological polar surface area (TPSA) is 66.5 Å². The third kappa shape index (κ3) is 4.95. The fraction of sp³-hybridized carbons (Fsp3) is 0.682. The third-order valence-corrected chi connectivity index (χ3v) is 8.28. The molecule has 0 spiro atoms. The lowest BCUT2D eigenvalue weighted by atomic mass is 9.87. The van der Waals surface area contributed by atoms with Crippen LogP contribution in [0.1, 0.15) is 70.8 Å². The molecule has 5 nitrogen and oxygen atoms in total. The van der Waals surface area contributed by atoms with Crippen molar-refractivity contribution in [3.8, 4) is 0 Å². The Morgan fingerprint density at radius 3 is 2.11 bits per heavy atom. The van der Waals surface area contributed by atoms with Crippen molar-refractivity contribution in [2.75, 3.05) is 13.1 Å². The van der Waals surface area contributed by atoms with Gasteiger partial charge in [-0.1, -0.05) is 32.9 Å². The molecule has 1 aromatic carbocycles. The number of carbonyl (C=O) groups is 1. The molecule has 1 aromatic rings. The molecule has 2 aliphatic rings. The van der Waals surface area contributed by atoms with Gasteiger partial charge in [-0.2, -0.15) is 4.31 Å². The number of carbonyl (C=O) groups excluding carboxylic acids is 1. The van der Waals surface area contributed by atoms with Gasteiger partial charge in [0.05, 0.1) is 4.90 Å². The van der Waals surface area contributed by atoms with Crippen LogP contribution < -0.4 is 5.32 Å². The molecular formula is C22H34N2O3S. The van der Waals surface area contributed by atoms with Gasteiger partial charge in [0.2, 0.25) is 15.9 Å². The summed E-state index contributed by atoms with van der Waals surface area (Å²) < 4.78 is 27.4. The molecule has 0 radical (unpaired) electrons. The zero-order valence-corrected chi connectivity index (χ0v) is 18.2. The molecule has 28 heavy (non-hydrogen) atoms. The third-order valence-electron chi connectivity index (χ3n) is 6.37. The minimum atomic E-state index is -3.49. The average Bonchev–Trinajstić information content (AvgIpc) is 2.70. The molecule has 0 bridgehead atoms. The van der Waals surface area contributed by atoms with Gasteiger partial charge >= 0.3 is 0 Å². The van der Waals surface area contributed by atoms with Crippen molar-refractivity contribution in [3.05, 3.63) is 29.8 Å². The fourth-order valence-corrected chi connectivity index (χ4v) is 5.73. The summed E-state index contributed by atoms with van der Waals surface area (Å²) in [5.74, 6) is 1.17. The van der Waals surface area contributed by atoms with Crippen molar-refractivity contribution in [2.24, 2.45) is 11.8 Å². The number of amides is 1. The molecule has 1 aliphatic heterocycles. The first-order valence-corrected chi connectivity index (χ1v) is 12.1. The van der Waals surface area contributed by atoms with E-state index < -0.39 is 10.0 Å². The Labute approximate surface area is 169 Å². The molecule has 6 heteroatoms. The maximum atomic E-state index is 12.9. The number of benzene rings is 1. The predicted molar refractivity (Wildman–Crippen MR) is 112 cm³/mol. The minimum absolute atomic E-state index is 0.0749. The van der Waals surface area contributed by atoms with E-state index in [1.54, 1.807) is 12.1 Å². The van der Waals surface area contributed by atoms with Crippen LogP contribution in [-0.2, 0) is 14.8 Å². The van der Waals surface area contributed by atoms with Gasteiger partial charge in [0.25, 0.3) is 0 Å². The monoisotopic (exact) mass is 406 g/mol. The summed E-state index contributed by atoms with van der Waals surface area (Å²) in [6.07, 6.45) is 5.67. The highest BCUT2D eigenvalue weighted by Crippen LogP contribution is 2.27. The predicted octanol–water partition coefficient (Wildman–Crippen LogP) is 3.91. The van der Waals surface area contributed by atoms with Gasteiger partial charge in [0.1, 0.15) is 0 Å². The number of sulfonamides is 1. The molecule has 156 valence electrons. The molecule has 1 saturated carbocycles. The summed E-state index contributed by atoms with van der Waals surface area (Å²) in [4.78, 5) is 12.9. The van der Waals surface area contributed by atoms with Crippen LogP contribution in [0, 0.1) is 11.8 Å². The van der Waals surface area contributed by atoms with Crippen LogP contribution in [0.25, 0.3) is 0 Å². The Hall–Kier alpha value is -1.40. The maximum absolute atomic E-state index is 12.9. The zero-order chi connectivity index (χ0) is 20.3. The van der Waals surface area contributed by atoms with Gasteiger partial charge in [0, 0.05) is 25.0 Å². The summed E-state index contributed by atoms with van der Waals surface area (Å²) in [6, 6.07) is 7.48. The average molecular weight is 407 g/mol. The Morgan fingerprint density at radius 1 is 1.00 bits per heavy atom. The molecule has 1 aliphatic carbocycles. The first kappa shape index (κ1) is 21.3. The smallest absolute Gasteiger partial charge is 0.243 e. The number of nitrogens with zero attached hydrogens (tertiary/aromatic N) is 1. The van der Waals surface area contributed by atoms with Crippen molar-refractivity contribution < 1.29 is 13.2 Å². The van der Waals surface area contributed by atoms with Crippen LogP contribution in [0.15, 0.2) is 29.2 Å². The van der Waals surface area contributed by atoms with Crippen LogP contribution in [-0.4, -0.2) is 37.8 Å². The lowest BCUT2D eigenvalue weighted by Gasteiger charge is -2.33. The molecule has 1 heterocycles. The normalized spacial score (nSPS) is 25.0. The molecule has 3 rings (SSSR count). The molecule has 1 saturated heterocycles. The van der Waals surface area contributed by atoms with Crippen LogP contribution >= 0.6 is 0 Å². The van der Waals surface area contributed by atoms with E-state index in [0.717, 1.165) is 24.3 Å². The second-order valence-corrected chi connectivity index (χ2v) is 10.8. The van der Waals surface area contributed by atoms with E-state index >= 15 is 0 Å². The van der Waals surface area contributed by atoms with Crippen LogP contribution in [0.2, 0.25) is 0 Å². The van der Waals surface area contributed by atoms with E-state index in [0.29, 0.717) is 42.8 Å². The van der Waals surface area contributed by atoms with E-state index in [4.69, 9.17) is 0 Å². The number of hydrogen-bond acceptors (Lipinski definition) is 3. The number of hydrogen-bond donors (Lipinski definition) is 1. The maximum Gasteiger partial charge on any atom is 0.243 e. The first-order chi connectivity index (χ1) is 13.3. The summed E-state index contributed by atoms with van der Waals surface area (Å²) >= 11 is 0. The summed E-state index contributed by atoms with van der Waals surface area (Å²) in [5, 5.41) is 3.20. The highest BCUT2D eigenvalue weighted by atomic mass is 32.2. The largest absolute Gasteiger partial charge is 0.353 e. The molecule has 2 fully saturated rings. The number of rotatable bonds is 5. The Bertz CT molecular complexity index is 757. The van der Waals surface area contributed by atoms with Gasteiger partial charge in [-0.25, -0.2) is 8.42 Å². The lowest BCUT2D eigenvalue weighted by Crippen LogP contribution is -2.46. The van der Waals surface area contributed by atoms with Crippen LogP contribution in [0.4, 0.5) is 0 Å². The second kappa shape index (κ2) is 8.95. The van der Waals surface area contributed by atoms with Gasteiger partial charge in [-0.15, -0.1) is 0 Å². The molecule has 1 N–H and O–H groups in total. The molecular weight excluding hydrogens is 372 g/mol. The van der Waals surface area contributed by atoms with Crippen molar-refractivity contribution in [1.82, 2.24) is 9.62 Å². The van der Waals surface area contributed by atoms with E-state index in [1.165, 1.54) is 17.1 Å². The summed E-state index contributed by atoms with van der Waals surface area (Å²) in [6.45, 7) is 7.27. The zero-order valence-electron chi connectivity index (χ0n) is 17.4. The van der Waals surface area contributed by atoms with E-state index in [1.807, 2.05) is 12.1 Å². The Kier molecular flexibility index (Phi) is 6.81. The summed E-state index contributed by atoms with van der Waals surface area (Å²) in [5.41, 5.74) is 1.13. The number of piperidine rings is 1. The first-order valence-electron chi connectivity index (χ1n) is 10.7. The molecule has 0 aromatic heterocycles. The fourth-order valence-electron chi connectivity index (χ4n) is 4.26. The molecule has 0 atom stereocenters. The minimum Gasteiger partial charge on any atom is -0.353 e. The highest BCUT2D eigenvalue weighted by molar-refractivity contribution is 7.89. The van der Waals surface area contributed by atoms with E-state index in [9.17, 15) is 13.2 Å². The molecule has 1 amide bonds. The lowest BCUT2D eigenvalue weighted by molar-refractivity contribution is -0.127. The summed E-state index contributed by atoms with van der Waals surface area (Å²) in [7, 11) is -3.49. The molecule has 0 unspecified atom stereocenters. The highest BCUT2D eigenvalue weighted by Gasteiger charge is 2.33. The van der Waals surface area contributed by atoms with Gasteiger partial charge < -0.3 is 5.32 Å². The standard InChI is InChI=1S/C22H34N2O3S/c1-16(2)18-6-10-21(11-7-18)28(26,27)24-14-12-19(13-15-24)22(25)23-20-8-4-17(3)5-9-20/h6-7,10-11,16-17,19-20H,4-5,8-9,12-15H2,1-3H3,(H,23,25). The van der Waals surface area contributed by atoms with Crippen molar-refractivity contribution in [2.45, 2.75) is 76.2 Å². The Balaban J connectivity index is 1.54. The van der Waals surface area contributed by atoms with E-state index in [2.05, 4.69) is 26.1 Å². The van der Waals surface area contributed by atoms with Gasteiger partial charge in [-0.3, -0.25) is 4.79 Å². The quantitative estimate of drug-likeness (QED) is 0.806. The van der Waals surface area contributed by atoms with Crippen molar-refractivity contribution >= 4 is 15.9 Å². The van der Waals surface area contributed by atoms with E-state index in [-0.39, 0.29) is 11.8 Å². The van der Waals surface area contributed by atoms with Crippen molar-refractivity contribution in [3.63, 3.8) is 0 Å². The SMILES string of the molecule is CC1CCC(NC(=O)C2CCN(S(=O)(=O)c3ccc(C(C)C)cc3)CC2)CC1. The Morgan fingerprint density at radius 2 is 1.57 bits per heavy atom. The van der Waals surface area contributed by atoms with Crippen molar-refractivity contribution in [1.29, 1.82) is 0 Å². The number of nitrogens with one attached hydrogen (secondary N) is 1. The van der Waals surface area contributed by atoms with Gasteiger partial charge in [0.15, 0.2) is 0 Å². The van der Waals surface area contributed by atoms with Crippen LogP contribution in [0.3, 0.4) is 0 Å².